The SMILES string of the molecule is Cc1cc(C(F)F)nc(SCc2ccc(CSc3nc(C(F)F)cc(C)c3C#N)cc2)c1C#N. The molecule has 2 aromatic heterocycles. The number of halogens is 4. The first-order chi connectivity index (χ1) is 16.2. The van der Waals surface area contributed by atoms with Gasteiger partial charge in [-0.25, -0.2) is 27.5 Å². The van der Waals surface area contributed by atoms with Crippen molar-refractivity contribution < 1.29 is 17.6 Å². The van der Waals surface area contributed by atoms with Gasteiger partial charge >= 0.3 is 0 Å². The van der Waals surface area contributed by atoms with Gasteiger partial charge in [-0.15, -0.1) is 23.5 Å². The summed E-state index contributed by atoms with van der Waals surface area (Å²) >= 11 is 2.42. The van der Waals surface area contributed by atoms with Crippen LogP contribution in [-0.2, 0) is 11.5 Å². The molecule has 0 saturated heterocycles. The molecule has 0 aliphatic carbocycles. The summed E-state index contributed by atoms with van der Waals surface area (Å²) in [5.41, 5.74) is 2.56. The molecule has 0 aliphatic heterocycles. The normalized spacial score (nSPS) is 11.0. The Morgan fingerprint density at radius 1 is 0.735 bits per heavy atom. The van der Waals surface area contributed by atoms with E-state index < -0.39 is 12.9 Å². The Labute approximate surface area is 203 Å². The third-order valence-electron chi connectivity index (χ3n) is 4.85. The number of alkyl halides is 4. The molecule has 4 nitrogen and oxygen atoms in total. The highest BCUT2D eigenvalue weighted by Crippen LogP contribution is 2.31. The number of nitriles is 2. The minimum absolute atomic E-state index is 0.266. The van der Waals surface area contributed by atoms with Crippen molar-refractivity contribution in [3.63, 3.8) is 0 Å². The van der Waals surface area contributed by atoms with Gasteiger partial charge in [0.15, 0.2) is 0 Å². The van der Waals surface area contributed by atoms with Crippen LogP contribution in [0.15, 0.2) is 46.5 Å². The molecule has 0 saturated carbocycles. The van der Waals surface area contributed by atoms with Gasteiger partial charge in [-0.1, -0.05) is 24.3 Å². The number of thioether (sulfide) groups is 2. The lowest BCUT2D eigenvalue weighted by Crippen LogP contribution is -1.99. The predicted molar refractivity (Wildman–Crippen MR) is 123 cm³/mol. The van der Waals surface area contributed by atoms with Crippen LogP contribution in [0.5, 0.6) is 0 Å². The molecule has 0 atom stereocenters. The average Bonchev–Trinajstić information content (AvgIpc) is 2.81. The van der Waals surface area contributed by atoms with E-state index in [0.29, 0.717) is 22.6 Å². The largest absolute Gasteiger partial charge is 0.280 e. The number of rotatable bonds is 8. The fraction of sp³-hybridized carbons (Fsp3) is 0.250. The summed E-state index contributed by atoms with van der Waals surface area (Å²) in [4.78, 5) is 7.89. The van der Waals surface area contributed by atoms with Crippen molar-refractivity contribution in [3.8, 4) is 12.1 Å². The summed E-state index contributed by atoms with van der Waals surface area (Å²) in [6.45, 7) is 3.21. The summed E-state index contributed by atoms with van der Waals surface area (Å²) in [7, 11) is 0. The second-order valence-electron chi connectivity index (χ2n) is 7.31. The van der Waals surface area contributed by atoms with Gasteiger partial charge < -0.3 is 0 Å². The number of hydrogen-bond acceptors (Lipinski definition) is 6. The highest BCUT2D eigenvalue weighted by Gasteiger charge is 2.17. The van der Waals surface area contributed by atoms with E-state index in [1.165, 1.54) is 35.7 Å². The van der Waals surface area contributed by atoms with Crippen molar-refractivity contribution >= 4 is 23.5 Å². The van der Waals surface area contributed by atoms with Crippen LogP contribution >= 0.6 is 23.5 Å². The number of pyridine rings is 2. The first-order valence-electron chi connectivity index (χ1n) is 9.96. The lowest BCUT2D eigenvalue weighted by molar-refractivity contribution is 0.145. The second kappa shape index (κ2) is 11.4. The fourth-order valence-corrected chi connectivity index (χ4v) is 5.11. The molecular weight excluding hydrogens is 484 g/mol. The van der Waals surface area contributed by atoms with Crippen molar-refractivity contribution in [2.75, 3.05) is 0 Å². The summed E-state index contributed by atoms with van der Waals surface area (Å²) in [5.74, 6) is 0.855. The zero-order valence-electron chi connectivity index (χ0n) is 18.2. The van der Waals surface area contributed by atoms with Crippen molar-refractivity contribution in [1.29, 1.82) is 10.5 Å². The third kappa shape index (κ3) is 6.07. The molecule has 0 amide bonds. The van der Waals surface area contributed by atoms with Crippen LogP contribution in [0, 0.1) is 36.5 Å². The number of aromatic nitrogens is 2. The molecule has 1 aromatic carbocycles. The van der Waals surface area contributed by atoms with Crippen LogP contribution in [0.25, 0.3) is 0 Å². The van der Waals surface area contributed by atoms with E-state index in [-0.39, 0.29) is 32.6 Å². The van der Waals surface area contributed by atoms with Crippen LogP contribution in [-0.4, -0.2) is 9.97 Å². The van der Waals surface area contributed by atoms with Crippen LogP contribution in [0.1, 0.15) is 57.6 Å². The van der Waals surface area contributed by atoms with Crippen molar-refractivity contribution in [2.24, 2.45) is 0 Å². The number of nitrogens with zero attached hydrogens (tertiary/aromatic N) is 4. The van der Waals surface area contributed by atoms with Crippen LogP contribution in [0.4, 0.5) is 17.6 Å². The van der Waals surface area contributed by atoms with Gasteiger partial charge in [0, 0.05) is 11.5 Å². The van der Waals surface area contributed by atoms with E-state index >= 15 is 0 Å². The van der Waals surface area contributed by atoms with Gasteiger partial charge in [0.05, 0.1) is 11.1 Å². The lowest BCUT2D eigenvalue weighted by Gasteiger charge is -2.10. The Hall–Kier alpha value is -3.08. The highest BCUT2D eigenvalue weighted by atomic mass is 32.2. The van der Waals surface area contributed by atoms with Crippen LogP contribution in [0.3, 0.4) is 0 Å². The number of hydrogen-bond donors (Lipinski definition) is 0. The summed E-state index contributed by atoms with van der Waals surface area (Å²) < 4.78 is 52.3. The molecule has 0 unspecified atom stereocenters. The monoisotopic (exact) mass is 502 g/mol. The maximum atomic E-state index is 13.1. The fourth-order valence-electron chi connectivity index (χ4n) is 3.08. The first-order valence-corrected chi connectivity index (χ1v) is 11.9. The summed E-state index contributed by atoms with van der Waals surface area (Å²) in [6, 6.07) is 13.9. The lowest BCUT2D eigenvalue weighted by atomic mass is 10.1. The molecule has 3 rings (SSSR count). The molecule has 0 N–H and O–H groups in total. The predicted octanol–water partition coefficient (Wildman–Crippen LogP) is 7.30. The highest BCUT2D eigenvalue weighted by molar-refractivity contribution is 7.98. The molecule has 3 aromatic rings. The number of aryl methyl sites for hydroxylation is 2. The maximum absolute atomic E-state index is 13.1. The molecule has 2 heterocycles. The molecule has 0 bridgehead atoms. The molecule has 10 heteroatoms. The van der Waals surface area contributed by atoms with Gasteiger partial charge in [0.25, 0.3) is 12.9 Å². The van der Waals surface area contributed by atoms with E-state index in [9.17, 15) is 28.1 Å². The Morgan fingerprint density at radius 3 is 1.38 bits per heavy atom. The Kier molecular flexibility index (Phi) is 8.54. The number of benzene rings is 1. The zero-order valence-corrected chi connectivity index (χ0v) is 19.8. The topological polar surface area (TPSA) is 73.4 Å². The summed E-state index contributed by atoms with van der Waals surface area (Å²) in [5, 5.41) is 19.2. The molecule has 0 radical (unpaired) electrons. The molecule has 174 valence electrons. The van der Waals surface area contributed by atoms with Crippen molar-refractivity contribution in [2.45, 2.75) is 48.3 Å². The molecule has 0 aliphatic rings. The smallest absolute Gasteiger partial charge is 0.239 e. The van der Waals surface area contributed by atoms with Gasteiger partial charge in [-0.3, -0.25) is 0 Å². The Balaban J connectivity index is 1.70. The van der Waals surface area contributed by atoms with Gasteiger partial charge in [-0.2, -0.15) is 10.5 Å². The van der Waals surface area contributed by atoms with Crippen LogP contribution in [0.2, 0.25) is 0 Å². The first kappa shape index (κ1) is 25.5. The van der Waals surface area contributed by atoms with Gasteiger partial charge in [-0.05, 0) is 48.2 Å². The molecule has 0 fully saturated rings. The minimum atomic E-state index is -2.72. The summed E-state index contributed by atoms with van der Waals surface area (Å²) in [6.07, 6.45) is -5.44. The molecule has 34 heavy (non-hydrogen) atoms. The Bertz CT molecular complexity index is 1170. The quantitative estimate of drug-likeness (QED) is 0.238. The van der Waals surface area contributed by atoms with E-state index in [1.54, 1.807) is 13.8 Å². The maximum Gasteiger partial charge on any atom is 0.280 e. The van der Waals surface area contributed by atoms with Crippen molar-refractivity contribution in [1.82, 2.24) is 9.97 Å². The average molecular weight is 503 g/mol. The van der Waals surface area contributed by atoms with E-state index in [4.69, 9.17) is 0 Å². The standard InChI is InChI=1S/C24H18F4N4S2/c1-13-7-19(21(25)26)31-23(17(13)9-29)33-11-15-3-5-16(6-4-15)12-34-24-18(10-30)14(2)8-20(32-24)22(27)28/h3-8,21-22H,11-12H2,1-2H3. The third-order valence-corrected chi connectivity index (χ3v) is 6.94. The zero-order chi connectivity index (χ0) is 24.8. The molecular formula is C24H18F4N4S2. The van der Waals surface area contributed by atoms with E-state index in [1.807, 2.05) is 36.4 Å². The minimum Gasteiger partial charge on any atom is -0.239 e. The van der Waals surface area contributed by atoms with E-state index in [0.717, 1.165) is 11.1 Å². The Morgan fingerprint density at radius 2 is 1.09 bits per heavy atom. The van der Waals surface area contributed by atoms with Crippen LogP contribution < -0.4 is 0 Å². The molecule has 0 spiro atoms. The van der Waals surface area contributed by atoms with Gasteiger partial charge in [0.1, 0.15) is 33.6 Å². The van der Waals surface area contributed by atoms with Crippen molar-refractivity contribution in [3.05, 3.63) is 81.2 Å². The second-order valence-corrected chi connectivity index (χ2v) is 9.24. The van der Waals surface area contributed by atoms with Gasteiger partial charge in [0.2, 0.25) is 0 Å². The van der Waals surface area contributed by atoms with E-state index in [2.05, 4.69) is 9.97 Å².